The van der Waals surface area contributed by atoms with E-state index in [0.29, 0.717) is 35.7 Å². The van der Waals surface area contributed by atoms with Gasteiger partial charge in [0.05, 0.1) is 32.0 Å². The van der Waals surface area contributed by atoms with E-state index in [1.807, 2.05) is 6.92 Å². The number of unbranched alkanes of at least 4 members (excludes halogenated alkanes) is 10. The number of hydrogen-bond acceptors (Lipinski definition) is 7. The Labute approximate surface area is 250 Å². The van der Waals surface area contributed by atoms with Crippen LogP contribution in [0.2, 0.25) is 0 Å². The smallest absolute Gasteiger partial charge is 0.343 e. The van der Waals surface area contributed by atoms with Gasteiger partial charge in [0.1, 0.15) is 5.75 Å². The Morgan fingerprint density at radius 3 is 2.05 bits per heavy atom. The van der Waals surface area contributed by atoms with E-state index in [-0.39, 0.29) is 18.2 Å². The molecule has 2 N–H and O–H groups in total. The fraction of sp³-hybridized carbons (Fsp3) is 0.515. The molecule has 230 valence electrons. The van der Waals surface area contributed by atoms with Crippen LogP contribution in [0.25, 0.3) is 0 Å². The van der Waals surface area contributed by atoms with Crippen molar-refractivity contribution in [2.75, 3.05) is 20.3 Å². The van der Waals surface area contributed by atoms with Crippen LogP contribution in [0.15, 0.2) is 47.6 Å². The highest BCUT2D eigenvalue weighted by atomic mass is 16.6. The van der Waals surface area contributed by atoms with Crippen molar-refractivity contribution in [1.29, 1.82) is 0 Å². The summed E-state index contributed by atoms with van der Waals surface area (Å²) in [5, 5.41) is 6.59. The van der Waals surface area contributed by atoms with Crippen molar-refractivity contribution < 1.29 is 28.6 Å². The minimum Gasteiger partial charge on any atom is -0.497 e. The number of methoxy groups -OCH3 is 1. The molecule has 2 aromatic carbocycles. The lowest BCUT2D eigenvalue weighted by molar-refractivity contribution is -0.126. The highest BCUT2D eigenvalue weighted by Gasteiger charge is 2.13. The van der Waals surface area contributed by atoms with Gasteiger partial charge in [-0.25, -0.2) is 10.2 Å². The molecule has 0 heterocycles. The van der Waals surface area contributed by atoms with Crippen molar-refractivity contribution in [3.63, 3.8) is 0 Å². The second-order valence-corrected chi connectivity index (χ2v) is 10.1. The Kier molecular flexibility index (Phi) is 17.1. The second kappa shape index (κ2) is 20.9. The molecule has 0 spiro atoms. The summed E-state index contributed by atoms with van der Waals surface area (Å²) in [4.78, 5) is 36.7. The molecule has 2 rings (SSSR count). The minimum atomic E-state index is -0.530. The van der Waals surface area contributed by atoms with Crippen LogP contribution in [-0.4, -0.2) is 44.3 Å². The molecule has 0 aliphatic rings. The number of nitrogens with one attached hydrogen (secondary N) is 2. The third-order valence-corrected chi connectivity index (χ3v) is 6.65. The molecular formula is C33H47N3O6. The van der Waals surface area contributed by atoms with E-state index in [0.717, 1.165) is 19.3 Å². The number of nitrogens with zero attached hydrogens (tertiary/aromatic N) is 1. The van der Waals surface area contributed by atoms with E-state index in [2.05, 4.69) is 22.8 Å². The third kappa shape index (κ3) is 14.1. The number of carbonyl (C=O) groups is 3. The molecule has 0 unspecified atom stereocenters. The molecule has 0 aliphatic carbocycles. The largest absolute Gasteiger partial charge is 0.497 e. The number of hydrazone groups is 1. The maximum atomic E-state index is 12.5. The van der Waals surface area contributed by atoms with E-state index in [9.17, 15) is 14.4 Å². The van der Waals surface area contributed by atoms with Crippen molar-refractivity contribution in [2.45, 2.75) is 90.9 Å². The first kappa shape index (κ1) is 34.3. The predicted octanol–water partition coefficient (Wildman–Crippen LogP) is 6.58. The Morgan fingerprint density at radius 2 is 1.43 bits per heavy atom. The molecule has 0 saturated heterocycles. The molecule has 0 atom stereocenters. The molecule has 9 nitrogen and oxygen atoms in total. The van der Waals surface area contributed by atoms with Crippen molar-refractivity contribution in [2.24, 2.45) is 5.10 Å². The molecule has 42 heavy (non-hydrogen) atoms. The summed E-state index contributed by atoms with van der Waals surface area (Å²) in [5.74, 6) is 0.181. The van der Waals surface area contributed by atoms with Gasteiger partial charge in [0.2, 0.25) is 5.91 Å². The van der Waals surface area contributed by atoms with Gasteiger partial charge in [0.15, 0.2) is 11.5 Å². The van der Waals surface area contributed by atoms with Crippen molar-refractivity contribution >= 4 is 24.0 Å². The SMILES string of the molecule is CCCCCCCCCCCCCC(=O)NCC(=O)NN=Cc1ccc(OC(=O)c2ccc(OC)cc2)c(OCC)c1. The van der Waals surface area contributed by atoms with Crippen molar-refractivity contribution in [3.05, 3.63) is 53.6 Å². The number of esters is 1. The standard InChI is InChI=1S/C33H47N3O6/c1-4-6-7-8-9-10-11-12-13-14-15-16-31(37)34-25-32(38)36-35-24-26-17-22-29(30(23-26)41-5-2)42-33(39)27-18-20-28(40-3)21-19-27/h17-24H,4-16,25H2,1-3H3,(H,34,37)(H,36,38). The Hall–Kier alpha value is -3.88. The second-order valence-electron chi connectivity index (χ2n) is 10.1. The van der Waals surface area contributed by atoms with E-state index >= 15 is 0 Å². The van der Waals surface area contributed by atoms with Crippen LogP contribution in [-0.2, 0) is 9.59 Å². The fourth-order valence-corrected chi connectivity index (χ4v) is 4.28. The molecule has 2 amide bonds. The lowest BCUT2D eigenvalue weighted by Crippen LogP contribution is -2.34. The first-order valence-electron chi connectivity index (χ1n) is 15.2. The van der Waals surface area contributed by atoms with Crippen molar-refractivity contribution in [1.82, 2.24) is 10.7 Å². The normalized spacial score (nSPS) is 10.8. The summed E-state index contributed by atoms with van der Waals surface area (Å²) in [7, 11) is 1.55. The first-order valence-corrected chi connectivity index (χ1v) is 15.2. The van der Waals surface area contributed by atoms with Gasteiger partial charge in [-0.1, -0.05) is 71.1 Å². The monoisotopic (exact) mass is 581 g/mol. The number of amides is 2. The van der Waals surface area contributed by atoms with Gasteiger partial charge in [-0.15, -0.1) is 0 Å². The zero-order chi connectivity index (χ0) is 30.4. The van der Waals surface area contributed by atoms with Gasteiger partial charge in [-0.3, -0.25) is 9.59 Å². The van der Waals surface area contributed by atoms with Gasteiger partial charge < -0.3 is 19.5 Å². The Morgan fingerprint density at radius 1 is 0.786 bits per heavy atom. The van der Waals surface area contributed by atoms with Gasteiger partial charge in [0.25, 0.3) is 5.91 Å². The lowest BCUT2D eigenvalue weighted by Gasteiger charge is -2.11. The Balaban J connectivity index is 1.67. The molecule has 2 aromatic rings. The highest BCUT2D eigenvalue weighted by molar-refractivity contribution is 5.92. The highest BCUT2D eigenvalue weighted by Crippen LogP contribution is 2.29. The summed E-state index contributed by atoms with van der Waals surface area (Å²) in [5.41, 5.74) is 3.41. The summed E-state index contributed by atoms with van der Waals surface area (Å²) in [6.07, 6.45) is 15.3. The quantitative estimate of drug-likeness (QED) is 0.0566. The number of ether oxygens (including phenoxy) is 3. The minimum absolute atomic E-state index is 0.133. The van der Waals surface area contributed by atoms with Crippen LogP contribution in [0.3, 0.4) is 0 Å². The summed E-state index contributed by atoms with van der Waals surface area (Å²) < 4.78 is 16.3. The van der Waals surface area contributed by atoms with Gasteiger partial charge in [0, 0.05) is 6.42 Å². The number of hydrogen-bond donors (Lipinski definition) is 2. The Bertz CT molecular complexity index is 1120. The third-order valence-electron chi connectivity index (χ3n) is 6.65. The van der Waals surface area contributed by atoms with Gasteiger partial charge in [-0.05, 0) is 61.4 Å². The molecular weight excluding hydrogens is 534 g/mol. The van der Waals surface area contributed by atoms with E-state index < -0.39 is 11.9 Å². The summed E-state index contributed by atoms with van der Waals surface area (Å²) in [6, 6.07) is 11.5. The van der Waals surface area contributed by atoms with Gasteiger partial charge >= 0.3 is 5.97 Å². The molecule has 0 saturated carbocycles. The molecule has 0 aromatic heterocycles. The maximum absolute atomic E-state index is 12.5. The van der Waals surface area contributed by atoms with E-state index in [1.165, 1.54) is 57.6 Å². The van der Waals surface area contributed by atoms with E-state index in [1.54, 1.807) is 49.6 Å². The van der Waals surface area contributed by atoms with Crippen LogP contribution in [0.1, 0.15) is 107 Å². The molecule has 0 radical (unpaired) electrons. The zero-order valence-corrected chi connectivity index (χ0v) is 25.4. The van der Waals surface area contributed by atoms with Crippen LogP contribution in [0.5, 0.6) is 17.2 Å². The summed E-state index contributed by atoms with van der Waals surface area (Å²) >= 11 is 0. The number of benzene rings is 2. The fourth-order valence-electron chi connectivity index (χ4n) is 4.28. The molecule has 0 fully saturated rings. The van der Waals surface area contributed by atoms with Crippen LogP contribution in [0.4, 0.5) is 0 Å². The average Bonchev–Trinajstić information content (AvgIpc) is 3.00. The van der Waals surface area contributed by atoms with Gasteiger partial charge in [-0.2, -0.15) is 5.10 Å². The number of carbonyl (C=O) groups excluding carboxylic acids is 3. The zero-order valence-electron chi connectivity index (χ0n) is 25.4. The van der Waals surface area contributed by atoms with Crippen LogP contribution < -0.4 is 25.0 Å². The van der Waals surface area contributed by atoms with Crippen LogP contribution >= 0.6 is 0 Å². The molecule has 0 bridgehead atoms. The topological polar surface area (TPSA) is 115 Å². The molecule has 0 aliphatic heterocycles. The summed E-state index contributed by atoms with van der Waals surface area (Å²) in [6.45, 7) is 4.28. The van der Waals surface area contributed by atoms with Crippen molar-refractivity contribution in [3.8, 4) is 17.2 Å². The van der Waals surface area contributed by atoms with E-state index in [4.69, 9.17) is 14.2 Å². The van der Waals surface area contributed by atoms with Crippen LogP contribution in [0, 0.1) is 0 Å². The number of rotatable bonds is 21. The average molecular weight is 582 g/mol. The first-order chi connectivity index (χ1) is 20.5. The molecule has 9 heteroatoms. The maximum Gasteiger partial charge on any atom is 0.343 e. The predicted molar refractivity (Wildman–Crippen MR) is 165 cm³/mol. The lowest BCUT2D eigenvalue weighted by atomic mass is 10.1.